The minimum atomic E-state index is -0.0180. The lowest BCUT2D eigenvalue weighted by molar-refractivity contribution is 0.103. The zero-order chi connectivity index (χ0) is 19.3. The molecule has 28 heavy (non-hydrogen) atoms. The molecule has 7 heteroatoms. The van der Waals surface area contributed by atoms with Gasteiger partial charge in [0.05, 0.1) is 31.8 Å². The molecular formula is C21H24ClN3O3. The molecule has 3 aromatic rings. The van der Waals surface area contributed by atoms with E-state index in [1.54, 1.807) is 26.4 Å². The third-order valence-corrected chi connectivity index (χ3v) is 5.01. The molecule has 0 saturated heterocycles. The number of likely N-dealkylation sites (N-methyl/N-ethyl adjacent to an activating group) is 1. The van der Waals surface area contributed by atoms with E-state index < -0.39 is 0 Å². The number of carbonyl (C=O) groups excluding carboxylic acids is 1. The molecule has 6 nitrogen and oxygen atoms in total. The van der Waals surface area contributed by atoms with E-state index in [4.69, 9.17) is 14.6 Å². The highest BCUT2D eigenvalue weighted by Crippen LogP contribution is 2.45. The molecule has 0 radical (unpaired) electrons. The predicted octanol–water partition coefficient (Wildman–Crippen LogP) is 3.56. The van der Waals surface area contributed by atoms with Crippen LogP contribution in [-0.2, 0) is 6.54 Å². The maximum absolute atomic E-state index is 13.3. The van der Waals surface area contributed by atoms with Gasteiger partial charge in [0.15, 0.2) is 5.78 Å². The molecule has 0 amide bonds. The van der Waals surface area contributed by atoms with Crippen LogP contribution in [0.1, 0.15) is 21.5 Å². The molecule has 1 heterocycles. The Balaban J connectivity index is 0.00000225. The topological polar surface area (TPSA) is 56.6 Å². The van der Waals surface area contributed by atoms with Crippen LogP contribution in [0.25, 0.3) is 22.2 Å². The van der Waals surface area contributed by atoms with Gasteiger partial charge in [0.1, 0.15) is 17.2 Å². The van der Waals surface area contributed by atoms with Crippen molar-refractivity contribution in [1.29, 1.82) is 0 Å². The number of fused-ring (bicyclic) bond motifs is 2. The molecule has 1 aromatic heterocycles. The van der Waals surface area contributed by atoms with Gasteiger partial charge in [-0.15, -0.1) is 12.4 Å². The smallest absolute Gasteiger partial charge is 0.194 e. The van der Waals surface area contributed by atoms with E-state index in [0.29, 0.717) is 22.6 Å². The first-order chi connectivity index (χ1) is 12.9. The molecule has 148 valence electrons. The summed E-state index contributed by atoms with van der Waals surface area (Å²) in [7, 11) is 7.26. The van der Waals surface area contributed by atoms with Gasteiger partial charge in [0, 0.05) is 29.1 Å². The summed E-state index contributed by atoms with van der Waals surface area (Å²) in [4.78, 5) is 15.4. The minimum Gasteiger partial charge on any atom is -0.497 e. The van der Waals surface area contributed by atoms with E-state index in [2.05, 4.69) is 11.0 Å². The Labute approximate surface area is 170 Å². The number of hydrogen-bond donors (Lipinski definition) is 0. The molecule has 0 saturated carbocycles. The van der Waals surface area contributed by atoms with E-state index >= 15 is 0 Å². The van der Waals surface area contributed by atoms with Crippen molar-refractivity contribution in [3.05, 3.63) is 41.0 Å². The maximum Gasteiger partial charge on any atom is 0.194 e. The van der Waals surface area contributed by atoms with Crippen LogP contribution < -0.4 is 9.47 Å². The van der Waals surface area contributed by atoms with Crippen LogP contribution in [0.15, 0.2) is 24.3 Å². The molecule has 0 bridgehead atoms. The van der Waals surface area contributed by atoms with Crippen molar-refractivity contribution in [3.8, 4) is 22.8 Å². The summed E-state index contributed by atoms with van der Waals surface area (Å²) in [5, 5.41) is 5.79. The monoisotopic (exact) mass is 401 g/mol. The highest BCUT2D eigenvalue weighted by molar-refractivity contribution is 6.26. The summed E-state index contributed by atoms with van der Waals surface area (Å²) in [5.41, 5.74) is 4.84. The average molecular weight is 402 g/mol. The Hall–Kier alpha value is -2.57. The molecule has 4 rings (SSSR count). The van der Waals surface area contributed by atoms with Crippen LogP contribution >= 0.6 is 12.4 Å². The first kappa shape index (κ1) is 20.2. The van der Waals surface area contributed by atoms with Crippen molar-refractivity contribution in [2.24, 2.45) is 0 Å². The molecule has 0 aliphatic heterocycles. The maximum atomic E-state index is 13.3. The Kier molecular flexibility index (Phi) is 5.37. The normalized spacial score (nSPS) is 12.1. The van der Waals surface area contributed by atoms with E-state index in [1.165, 1.54) is 0 Å². The highest BCUT2D eigenvalue weighted by Gasteiger charge is 2.32. The van der Waals surface area contributed by atoms with Gasteiger partial charge in [-0.3, -0.25) is 9.48 Å². The number of benzene rings is 2. The lowest BCUT2D eigenvalue weighted by Crippen LogP contribution is -2.19. The van der Waals surface area contributed by atoms with Crippen LogP contribution in [0.3, 0.4) is 0 Å². The third kappa shape index (κ3) is 3.02. The van der Waals surface area contributed by atoms with E-state index in [1.807, 2.05) is 31.8 Å². The Bertz CT molecular complexity index is 1070. The quantitative estimate of drug-likeness (QED) is 0.511. The second kappa shape index (κ2) is 7.45. The number of rotatable bonds is 5. The molecule has 0 spiro atoms. The van der Waals surface area contributed by atoms with Crippen molar-refractivity contribution >= 4 is 29.1 Å². The molecule has 1 aliphatic rings. The van der Waals surface area contributed by atoms with Gasteiger partial charge >= 0.3 is 0 Å². The van der Waals surface area contributed by atoms with Crippen molar-refractivity contribution in [2.45, 2.75) is 13.5 Å². The molecule has 1 aliphatic carbocycles. The van der Waals surface area contributed by atoms with Gasteiger partial charge in [-0.1, -0.05) is 0 Å². The number of nitrogens with zero attached hydrogens (tertiary/aromatic N) is 3. The van der Waals surface area contributed by atoms with Gasteiger partial charge in [0.2, 0.25) is 0 Å². The number of ether oxygens (including phenoxy) is 2. The fraction of sp³-hybridized carbons (Fsp3) is 0.333. The lowest BCUT2D eigenvalue weighted by Gasteiger charge is -2.19. The van der Waals surface area contributed by atoms with Gasteiger partial charge in [-0.2, -0.15) is 5.10 Å². The first-order valence-electron chi connectivity index (χ1n) is 8.91. The van der Waals surface area contributed by atoms with E-state index in [0.717, 1.165) is 40.8 Å². The molecule has 0 fully saturated rings. The van der Waals surface area contributed by atoms with Crippen LogP contribution in [0.2, 0.25) is 0 Å². The fourth-order valence-electron chi connectivity index (χ4n) is 3.70. The van der Waals surface area contributed by atoms with Crippen molar-refractivity contribution in [3.63, 3.8) is 0 Å². The van der Waals surface area contributed by atoms with Crippen LogP contribution in [0.4, 0.5) is 0 Å². The van der Waals surface area contributed by atoms with Gasteiger partial charge in [-0.05, 0) is 44.8 Å². The first-order valence-corrected chi connectivity index (χ1v) is 8.91. The zero-order valence-electron chi connectivity index (χ0n) is 16.7. The summed E-state index contributed by atoms with van der Waals surface area (Å²) < 4.78 is 12.9. The number of aryl methyl sites for hydroxylation is 1. The number of hydrogen-bond acceptors (Lipinski definition) is 5. The van der Waals surface area contributed by atoms with Crippen molar-refractivity contribution < 1.29 is 14.3 Å². The largest absolute Gasteiger partial charge is 0.497 e. The predicted molar refractivity (Wildman–Crippen MR) is 112 cm³/mol. The van der Waals surface area contributed by atoms with Gasteiger partial charge in [0.25, 0.3) is 0 Å². The van der Waals surface area contributed by atoms with E-state index in [-0.39, 0.29) is 18.2 Å². The van der Waals surface area contributed by atoms with Crippen LogP contribution in [0.5, 0.6) is 11.5 Å². The fourth-order valence-corrected chi connectivity index (χ4v) is 3.70. The number of aromatic nitrogens is 2. The number of carbonyl (C=O) groups is 1. The Morgan fingerprint density at radius 1 is 1.07 bits per heavy atom. The Morgan fingerprint density at radius 2 is 1.82 bits per heavy atom. The van der Waals surface area contributed by atoms with Crippen LogP contribution in [-0.4, -0.2) is 55.3 Å². The summed E-state index contributed by atoms with van der Waals surface area (Å²) in [6.07, 6.45) is 0. The summed E-state index contributed by atoms with van der Waals surface area (Å²) >= 11 is 0. The van der Waals surface area contributed by atoms with Gasteiger partial charge in [-0.25, -0.2) is 0 Å². The third-order valence-electron chi connectivity index (χ3n) is 5.01. The highest BCUT2D eigenvalue weighted by atomic mass is 35.5. The standard InChI is InChI=1S/C21H23N3O3.ClH/c1-12-8-14-18-16(9-12)24(7-6-23(2)3)22-20(18)19-15(21(14)25)10-13(26-4)11-17(19)27-5;/h8-11H,6-7H2,1-5H3;1H. The molecule has 0 atom stereocenters. The van der Waals surface area contributed by atoms with Crippen LogP contribution in [0, 0.1) is 6.92 Å². The number of halogens is 1. The average Bonchev–Trinajstić information content (AvgIpc) is 3.01. The van der Waals surface area contributed by atoms with Crippen molar-refractivity contribution in [2.75, 3.05) is 34.9 Å². The SMILES string of the molecule is COc1cc(OC)c2c(c1)C(=O)c1cc(C)cc3c1c-2nn3CCN(C)C.Cl. The molecule has 0 N–H and O–H groups in total. The molecule has 2 aromatic carbocycles. The molecular weight excluding hydrogens is 378 g/mol. The van der Waals surface area contributed by atoms with Crippen molar-refractivity contribution in [1.82, 2.24) is 14.7 Å². The number of methoxy groups -OCH3 is 2. The number of ketones is 1. The summed E-state index contributed by atoms with van der Waals surface area (Å²) in [6, 6.07) is 7.62. The second-order valence-electron chi connectivity index (χ2n) is 7.16. The lowest BCUT2D eigenvalue weighted by atomic mass is 9.86. The summed E-state index contributed by atoms with van der Waals surface area (Å²) in [6.45, 7) is 3.61. The second-order valence-corrected chi connectivity index (χ2v) is 7.16. The van der Waals surface area contributed by atoms with Gasteiger partial charge < -0.3 is 14.4 Å². The summed E-state index contributed by atoms with van der Waals surface area (Å²) in [5.74, 6) is 1.18. The minimum absolute atomic E-state index is 0. The van der Waals surface area contributed by atoms with E-state index in [9.17, 15) is 4.79 Å². The zero-order valence-corrected chi connectivity index (χ0v) is 17.5. The molecule has 0 unspecified atom stereocenters. The Morgan fingerprint density at radius 3 is 2.46 bits per heavy atom.